The van der Waals surface area contributed by atoms with Crippen molar-refractivity contribution in [3.05, 3.63) is 53.1 Å². The Morgan fingerprint density at radius 3 is 2.50 bits per heavy atom. The molecule has 24 heavy (non-hydrogen) atoms. The molecule has 10 heteroatoms. The Balaban J connectivity index is 1.73. The number of hydrogen-bond donors (Lipinski definition) is 2. The van der Waals surface area contributed by atoms with Gasteiger partial charge < -0.3 is 10.5 Å². The average molecular weight is 355 g/mol. The Morgan fingerprint density at radius 2 is 1.96 bits per heavy atom. The summed E-state index contributed by atoms with van der Waals surface area (Å²) in [6.07, 6.45) is -3.20. The van der Waals surface area contributed by atoms with Gasteiger partial charge in [-0.2, -0.15) is 13.2 Å². The van der Waals surface area contributed by atoms with Crippen LogP contribution in [-0.4, -0.2) is 25.1 Å². The van der Waals surface area contributed by atoms with E-state index in [0.29, 0.717) is 16.4 Å². The number of hydrogen-bond acceptors (Lipinski definition) is 6. The predicted molar refractivity (Wildman–Crippen MR) is 81.6 cm³/mol. The number of benzene rings is 1. The maximum Gasteiger partial charge on any atom is 0.434 e. The molecule has 1 unspecified atom stereocenters. The lowest BCUT2D eigenvalue weighted by atomic mass is 10.0. The first-order valence-corrected chi connectivity index (χ1v) is 7.71. The van der Waals surface area contributed by atoms with Crippen molar-refractivity contribution in [3.8, 4) is 0 Å². The van der Waals surface area contributed by atoms with E-state index >= 15 is 0 Å². The summed E-state index contributed by atoms with van der Waals surface area (Å²) in [5.74, 6) is 0.202. The van der Waals surface area contributed by atoms with Gasteiger partial charge in [0.05, 0.1) is 0 Å². The van der Waals surface area contributed by atoms with Crippen molar-refractivity contribution in [1.29, 1.82) is 0 Å². The molecular formula is C14H12F3N5OS. The highest BCUT2D eigenvalue weighted by Crippen LogP contribution is 2.33. The Bertz CT molecular complexity index is 828. The van der Waals surface area contributed by atoms with Crippen LogP contribution in [0, 0.1) is 0 Å². The third kappa shape index (κ3) is 3.32. The standard InChI is InChI=1S/C14H12F3N5OS/c1-8(12-18-7-19-22(12)23)9-2-4-10(5-3-9)20-13-21-11(6-24-13)14(15,16)17/h2-8,23H,1H3,(H,20,21). The van der Waals surface area contributed by atoms with E-state index < -0.39 is 11.9 Å². The van der Waals surface area contributed by atoms with Crippen molar-refractivity contribution in [2.45, 2.75) is 19.0 Å². The molecule has 0 saturated heterocycles. The second-order valence-electron chi connectivity index (χ2n) is 5.01. The summed E-state index contributed by atoms with van der Waals surface area (Å²) in [4.78, 5) is 8.21. The highest BCUT2D eigenvalue weighted by molar-refractivity contribution is 7.13. The van der Waals surface area contributed by atoms with E-state index in [4.69, 9.17) is 0 Å². The van der Waals surface area contributed by atoms with Gasteiger partial charge in [0.2, 0.25) is 0 Å². The molecule has 126 valence electrons. The molecule has 1 aromatic carbocycles. The minimum atomic E-state index is -4.45. The predicted octanol–water partition coefficient (Wildman–Crippen LogP) is 3.89. The van der Waals surface area contributed by atoms with Crippen LogP contribution in [0.5, 0.6) is 0 Å². The molecule has 2 heterocycles. The molecule has 1 atom stereocenters. The molecular weight excluding hydrogens is 343 g/mol. The van der Waals surface area contributed by atoms with Crippen LogP contribution in [0.3, 0.4) is 0 Å². The van der Waals surface area contributed by atoms with Crippen molar-refractivity contribution in [3.63, 3.8) is 0 Å². The monoisotopic (exact) mass is 355 g/mol. The largest absolute Gasteiger partial charge is 0.434 e. The lowest BCUT2D eigenvalue weighted by molar-refractivity contribution is -0.140. The summed E-state index contributed by atoms with van der Waals surface area (Å²) in [5, 5.41) is 17.1. The molecule has 2 N–H and O–H groups in total. The second-order valence-corrected chi connectivity index (χ2v) is 5.87. The zero-order valence-corrected chi connectivity index (χ0v) is 13.1. The lowest BCUT2D eigenvalue weighted by Crippen LogP contribution is -2.06. The summed E-state index contributed by atoms with van der Waals surface area (Å²) in [7, 11) is 0. The van der Waals surface area contributed by atoms with E-state index in [1.54, 1.807) is 24.3 Å². The van der Waals surface area contributed by atoms with Gasteiger partial charge >= 0.3 is 6.18 Å². The Labute approximate surface area is 138 Å². The molecule has 3 rings (SSSR count). The molecule has 0 aliphatic carbocycles. The van der Waals surface area contributed by atoms with Crippen molar-refractivity contribution in [2.75, 3.05) is 5.32 Å². The van der Waals surface area contributed by atoms with E-state index in [1.165, 1.54) is 6.33 Å². The molecule has 0 fully saturated rings. The first-order valence-electron chi connectivity index (χ1n) is 6.83. The number of nitrogens with zero attached hydrogens (tertiary/aromatic N) is 4. The number of aromatic nitrogens is 4. The van der Waals surface area contributed by atoms with Crippen LogP contribution in [-0.2, 0) is 6.18 Å². The van der Waals surface area contributed by atoms with Crippen molar-refractivity contribution in [1.82, 2.24) is 19.9 Å². The van der Waals surface area contributed by atoms with Gasteiger partial charge in [-0.15, -0.1) is 16.4 Å². The van der Waals surface area contributed by atoms with Gasteiger partial charge in [-0.3, -0.25) is 0 Å². The van der Waals surface area contributed by atoms with Crippen LogP contribution in [0.2, 0.25) is 0 Å². The summed E-state index contributed by atoms with van der Waals surface area (Å²) in [6, 6.07) is 7.02. The highest BCUT2D eigenvalue weighted by atomic mass is 32.1. The second kappa shape index (κ2) is 6.11. The van der Waals surface area contributed by atoms with Gasteiger partial charge in [0.15, 0.2) is 16.6 Å². The maximum absolute atomic E-state index is 12.5. The zero-order valence-electron chi connectivity index (χ0n) is 12.3. The topological polar surface area (TPSA) is 75.9 Å². The fourth-order valence-corrected chi connectivity index (χ4v) is 2.86. The SMILES string of the molecule is CC(c1ccc(Nc2nc(C(F)(F)F)cs2)cc1)c1ncnn1O. The minimum Gasteiger partial charge on any atom is -0.410 e. The van der Waals surface area contributed by atoms with Gasteiger partial charge in [-0.05, 0) is 17.7 Å². The zero-order chi connectivity index (χ0) is 17.3. The van der Waals surface area contributed by atoms with E-state index in [-0.39, 0.29) is 11.0 Å². The molecule has 0 radical (unpaired) electrons. The summed E-state index contributed by atoms with van der Waals surface area (Å²) >= 11 is 0.885. The molecule has 2 aromatic heterocycles. The highest BCUT2D eigenvalue weighted by Gasteiger charge is 2.33. The average Bonchev–Trinajstić information content (AvgIpc) is 3.16. The Morgan fingerprint density at radius 1 is 1.25 bits per heavy atom. The third-order valence-corrected chi connectivity index (χ3v) is 4.16. The van der Waals surface area contributed by atoms with Gasteiger partial charge in [-0.25, -0.2) is 9.97 Å². The summed E-state index contributed by atoms with van der Waals surface area (Å²) in [5.41, 5.74) is 0.570. The number of halogens is 3. The van der Waals surface area contributed by atoms with Crippen LogP contribution in [0.15, 0.2) is 36.0 Å². The van der Waals surface area contributed by atoms with Crippen molar-refractivity contribution < 1.29 is 18.4 Å². The van der Waals surface area contributed by atoms with Gasteiger partial charge in [0.1, 0.15) is 6.33 Å². The van der Waals surface area contributed by atoms with E-state index in [1.807, 2.05) is 6.92 Å². The first-order chi connectivity index (χ1) is 11.3. The van der Waals surface area contributed by atoms with Crippen LogP contribution >= 0.6 is 11.3 Å². The van der Waals surface area contributed by atoms with E-state index in [9.17, 15) is 18.4 Å². The molecule has 0 aliphatic heterocycles. The number of nitrogens with one attached hydrogen (secondary N) is 1. The van der Waals surface area contributed by atoms with Gasteiger partial charge in [0, 0.05) is 17.0 Å². The van der Waals surface area contributed by atoms with Crippen LogP contribution < -0.4 is 5.32 Å². The first kappa shape index (κ1) is 16.2. The van der Waals surface area contributed by atoms with Crippen LogP contribution in [0.25, 0.3) is 0 Å². The summed E-state index contributed by atoms with van der Waals surface area (Å²) < 4.78 is 37.6. The Hall–Kier alpha value is -2.62. The van der Waals surface area contributed by atoms with E-state index in [0.717, 1.165) is 22.3 Å². The maximum atomic E-state index is 12.5. The molecule has 6 nitrogen and oxygen atoms in total. The quantitative estimate of drug-likeness (QED) is 0.695. The van der Waals surface area contributed by atoms with Crippen LogP contribution in [0.1, 0.15) is 29.9 Å². The van der Waals surface area contributed by atoms with Crippen molar-refractivity contribution in [2.24, 2.45) is 0 Å². The molecule has 3 aromatic rings. The summed E-state index contributed by atoms with van der Waals surface area (Å²) in [6.45, 7) is 1.86. The fourth-order valence-electron chi connectivity index (χ4n) is 2.12. The van der Waals surface area contributed by atoms with Crippen LogP contribution in [0.4, 0.5) is 24.0 Å². The number of thiazole rings is 1. The molecule has 0 aliphatic rings. The number of rotatable bonds is 4. The smallest absolute Gasteiger partial charge is 0.410 e. The normalized spacial score (nSPS) is 13.0. The van der Waals surface area contributed by atoms with Crippen molar-refractivity contribution >= 4 is 22.2 Å². The lowest BCUT2D eigenvalue weighted by Gasteiger charge is -2.11. The number of alkyl halides is 3. The molecule has 0 saturated carbocycles. The Kier molecular flexibility index (Phi) is 4.14. The van der Waals surface area contributed by atoms with E-state index in [2.05, 4.69) is 20.4 Å². The van der Waals surface area contributed by atoms with Gasteiger partial charge in [0.25, 0.3) is 0 Å². The molecule has 0 amide bonds. The fraction of sp³-hybridized carbons (Fsp3) is 0.214. The molecule has 0 spiro atoms. The molecule has 0 bridgehead atoms. The minimum absolute atomic E-state index is 0.165. The van der Waals surface area contributed by atoms with Gasteiger partial charge in [-0.1, -0.05) is 23.9 Å². The number of anilines is 2. The third-order valence-electron chi connectivity index (χ3n) is 3.40.